The summed E-state index contributed by atoms with van der Waals surface area (Å²) in [6.45, 7) is 0. The third-order valence-electron chi connectivity index (χ3n) is 2.81. The SMILES string of the molecule is CSCC[C@H](N)C(=O)N[C@@H](CS)C(=O)N[C@@H](CC(N)=O)C(=O)O. The van der Waals surface area contributed by atoms with Crippen LogP contribution in [0.3, 0.4) is 0 Å². The number of thiol groups is 1. The predicted molar refractivity (Wildman–Crippen MR) is 90.1 cm³/mol. The summed E-state index contributed by atoms with van der Waals surface area (Å²) in [5, 5.41) is 13.5. The Morgan fingerprint density at radius 1 is 1.17 bits per heavy atom. The van der Waals surface area contributed by atoms with Gasteiger partial charge in [-0.15, -0.1) is 0 Å². The maximum absolute atomic E-state index is 12.0. The lowest BCUT2D eigenvalue weighted by molar-refractivity contribution is -0.143. The molecule has 0 spiro atoms. The first-order valence-corrected chi connectivity index (χ1v) is 8.72. The molecular weight excluding hydrogens is 344 g/mol. The highest BCUT2D eigenvalue weighted by Crippen LogP contribution is 2.00. The van der Waals surface area contributed by atoms with E-state index in [1.165, 1.54) is 11.8 Å². The predicted octanol–water partition coefficient (Wildman–Crippen LogP) is -2.07. The first kappa shape index (κ1) is 21.5. The average molecular weight is 366 g/mol. The third kappa shape index (κ3) is 8.67. The van der Waals surface area contributed by atoms with Crippen LogP contribution in [0, 0.1) is 0 Å². The lowest BCUT2D eigenvalue weighted by atomic mass is 10.1. The smallest absolute Gasteiger partial charge is 0.326 e. The van der Waals surface area contributed by atoms with Gasteiger partial charge in [-0.05, 0) is 18.4 Å². The normalized spacial score (nSPS) is 14.4. The lowest BCUT2D eigenvalue weighted by Crippen LogP contribution is -2.55. The number of thioether (sulfide) groups is 1. The zero-order valence-corrected chi connectivity index (χ0v) is 14.4. The highest BCUT2D eigenvalue weighted by molar-refractivity contribution is 7.98. The quantitative estimate of drug-likeness (QED) is 0.228. The van der Waals surface area contributed by atoms with Crippen LogP contribution >= 0.6 is 24.4 Å². The number of rotatable bonds is 11. The van der Waals surface area contributed by atoms with Crippen LogP contribution in [-0.4, -0.2) is 64.7 Å². The second-order valence-corrected chi connectivity index (χ2v) is 6.05. The van der Waals surface area contributed by atoms with Crippen LogP contribution in [0.15, 0.2) is 0 Å². The molecular formula is C12H22N4O5S2. The zero-order chi connectivity index (χ0) is 18.0. The van der Waals surface area contributed by atoms with E-state index in [-0.39, 0.29) is 5.75 Å². The number of amides is 3. The van der Waals surface area contributed by atoms with Crippen LogP contribution in [0.2, 0.25) is 0 Å². The van der Waals surface area contributed by atoms with E-state index in [4.69, 9.17) is 16.6 Å². The molecule has 132 valence electrons. The van der Waals surface area contributed by atoms with Gasteiger partial charge >= 0.3 is 5.97 Å². The van der Waals surface area contributed by atoms with E-state index in [0.717, 1.165) is 0 Å². The summed E-state index contributed by atoms with van der Waals surface area (Å²) in [4.78, 5) is 45.7. The molecule has 0 aliphatic heterocycles. The fourth-order valence-electron chi connectivity index (χ4n) is 1.52. The maximum atomic E-state index is 12.0. The molecule has 0 saturated carbocycles. The van der Waals surface area contributed by atoms with Crippen LogP contribution in [0.1, 0.15) is 12.8 Å². The minimum Gasteiger partial charge on any atom is -0.480 e. The standard InChI is InChI=1S/C12H22N4O5S2/c1-23-3-2-6(13)10(18)16-8(5-22)11(19)15-7(12(20)21)4-9(14)17/h6-8,22H,2-5,13H2,1H3,(H2,14,17)(H,15,19)(H,16,18)(H,20,21)/t6-,7-,8-/m0/s1. The van der Waals surface area contributed by atoms with Crippen LogP contribution in [0.4, 0.5) is 0 Å². The molecule has 0 radical (unpaired) electrons. The number of aliphatic carboxylic acids is 1. The van der Waals surface area contributed by atoms with Crippen LogP contribution < -0.4 is 22.1 Å². The molecule has 0 fully saturated rings. The van der Waals surface area contributed by atoms with Crippen molar-refractivity contribution in [2.75, 3.05) is 17.8 Å². The molecule has 3 atom stereocenters. The minimum absolute atomic E-state index is 0.0598. The Morgan fingerprint density at radius 3 is 2.17 bits per heavy atom. The summed E-state index contributed by atoms with van der Waals surface area (Å²) in [7, 11) is 0. The molecule has 23 heavy (non-hydrogen) atoms. The summed E-state index contributed by atoms with van der Waals surface area (Å²) < 4.78 is 0. The Balaban J connectivity index is 4.69. The fourth-order valence-corrected chi connectivity index (χ4v) is 2.27. The number of hydrogen-bond donors (Lipinski definition) is 6. The topological polar surface area (TPSA) is 165 Å². The van der Waals surface area contributed by atoms with Gasteiger partial charge in [0.25, 0.3) is 0 Å². The zero-order valence-electron chi connectivity index (χ0n) is 12.7. The number of carboxylic acid groups (broad SMARTS) is 1. The molecule has 0 aromatic heterocycles. The maximum Gasteiger partial charge on any atom is 0.326 e. The first-order chi connectivity index (χ1) is 10.7. The minimum atomic E-state index is -1.47. The Bertz CT molecular complexity index is 449. The molecule has 0 saturated heterocycles. The van der Waals surface area contributed by atoms with Crippen molar-refractivity contribution in [2.24, 2.45) is 11.5 Å². The second-order valence-electron chi connectivity index (χ2n) is 4.70. The molecule has 0 heterocycles. The number of hydrogen-bond acceptors (Lipinski definition) is 7. The number of carbonyl (C=O) groups is 4. The molecule has 7 N–H and O–H groups in total. The van der Waals surface area contributed by atoms with E-state index >= 15 is 0 Å². The van der Waals surface area contributed by atoms with Crippen molar-refractivity contribution >= 4 is 48.1 Å². The molecule has 0 unspecified atom stereocenters. The van der Waals surface area contributed by atoms with Gasteiger partial charge in [0.15, 0.2) is 0 Å². The monoisotopic (exact) mass is 366 g/mol. The van der Waals surface area contributed by atoms with Crippen LogP contribution in [0.25, 0.3) is 0 Å². The average Bonchev–Trinajstić information content (AvgIpc) is 2.48. The van der Waals surface area contributed by atoms with Crippen molar-refractivity contribution in [1.29, 1.82) is 0 Å². The van der Waals surface area contributed by atoms with Gasteiger partial charge in [-0.2, -0.15) is 24.4 Å². The van der Waals surface area contributed by atoms with Gasteiger partial charge in [0.2, 0.25) is 17.7 Å². The van der Waals surface area contributed by atoms with Gasteiger partial charge in [0.1, 0.15) is 12.1 Å². The van der Waals surface area contributed by atoms with Crippen LogP contribution in [0.5, 0.6) is 0 Å². The Hall–Kier alpha value is -1.46. The van der Waals surface area contributed by atoms with E-state index in [1.807, 2.05) is 6.26 Å². The fraction of sp³-hybridized carbons (Fsp3) is 0.667. The van der Waals surface area contributed by atoms with Gasteiger partial charge in [0.05, 0.1) is 12.5 Å². The largest absolute Gasteiger partial charge is 0.480 e. The molecule has 0 aromatic rings. The molecule has 0 rings (SSSR count). The molecule has 9 nitrogen and oxygen atoms in total. The van der Waals surface area contributed by atoms with Crippen molar-refractivity contribution in [2.45, 2.75) is 31.0 Å². The third-order valence-corrected chi connectivity index (χ3v) is 3.81. The number of carbonyl (C=O) groups excluding carboxylic acids is 3. The lowest BCUT2D eigenvalue weighted by Gasteiger charge is -2.21. The highest BCUT2D eigenvalue weighted by atomic mass is 32.2. The Labute approximate surface area is 143 Å². The summed E-state index contributed by atoms with van der Waals surface area (Å²) in [5.41, 5.74) is 10.6. The second kappa shape index (κ2) is 11.1. The molecule has 3 amide bonds. The van der Waals surface area contributed by atoms with E-state index in [0.29, 0.717) is 12.2 Å². The number of nitrogens with two attached hydrogens (primary N) is 2. The van der Waals surface area contributed by atoms with Crippen LogP contribution in [-0.2, 0) is 19.2 Å². The van der Waals surface area contributed by atoms with E-state index in [1.54, 1.807) is 0 Å². The van der Waals surface area contributed by atoms with Gasteiger partial charge in [-0.1, -0.05) is 0 Å². The van der Waals surface area contributed by atoms with Crippen molar-refractivity contribution in [3.8, 4) is 0 Å². The molecule has 11 heteroatoms. The first-order valence-electron chi connectivity index (χ1n) is 6.70. The van der Waals surface area contributed by atoms with Crippen molar-refractivity contribution in [3.63, 3.8) is 0 Å². The van der Waals surface area contributed by atoms with Crippen molar-refractivity contribution in [1.82, 2.24) is 10.6 Å². The number of nitrogens with one attached hydrogen (secondary N) is 2. The molecule has 0 aliphatic carbocycles. The summed E-state index contributed by atoms with van der Waals surface area (Å²) in [6, 6.07) is -3.32. The highest BCUT2D eigenvalue weighted by Gasteiger charge is 2.27. The Morgan fingerprint density at radius 2 is 1.74 bits per heavy atom. The summed E-state index contributed by atoms with van der Waals surface area (Å²) >= 11 is 5.49. The number of primary amides is 1. The summed E-state index contributed by atoms with van der Waals surface area (Å²) in [5.74, 6) is -2.96. The molecule has 0 bridgehead atoms. The molecule has 0 aromatic carbocycles. The van der Waals surface area contributed by atoms with E-state index in [2.05, 4.69) is 23.3 Å². The van der Waals surface area contributed by atoms with Crippen molar-refractivity contribution < 1.29 is 24.3 Å². The van der Waals surface area contributed by atoms with Gasteiger partial charge in [-0.3, -0.25) is 14.4 Å². The van der Waals surface area contributed by atoms with E-state index < -0.39 is 48.2 Å². The van der Waals surface area contributed by atoms with Gasteiger partial charge in [0, 0.05) is 5.75 Å². The summed E-state index contributed by atoms with van der Waals surface area (Å²) in [6.07, 6.45) is 1.76. The van der Waals surface area contributed by atoms with Gasteiger partial charge in [-0.25, -0.2) is 4.79 Å². The Kier molecular flexibility index (Phi) is 10.4. The van der Waals surface area contributed by atoms with Crippen molar-refractivity contribution in [3.05, 3.63) is 0 Å². The molecule has 0 aliphatic rings. The van der Waals surface area contributed by atoms with Gasteiger partial charge < -0.3 is 27.2 Å². The number of carboxylic acids is 1. The van der Waals surface area contributed by atoms with E-state index in [9.17, 15) is 19.2 Å².